The van der Waals surface area contributed by atoms with Crippen LogP contribution in [0.5, 0.6) is 0 Å². The lowest BCUT2D eigenvalue weighted by Crippen LogP contribution is -2.52. The third kappa shape index (κ3) is 4.18. The number of halogens is 1. The Kier molecular flexibility index (Phi) is 5.24. The molecule has 0 N–H and O–H groups in total. The van der Waals surface area contributed by atoms with E-state index in [9.17, 15) is 13.2 Å². The summed E-state index contributed by atoms with van der Waals surface area (Å²) in [6.45, 7) is 2.60. The van der Waals surface area contributed by atoms with Crippen LogP contribution in [0.4, 0.5) is 0 Å². The molecule has 0 radical (unpaired) electrons. The highest BCUT2D eigenvalue weighted by Crippen LogP contribution is 2.27. The second-order valence-electron chi connectivity index (χ2n) is 6.93. The highest BCUT2D eigenvalue weighted by atomic mass is 35.5. The highest BCUT2D eigenvalue weighted by Gasteiger charge is 2.34. The Morgan fingerprint density at radius 3 is 2.67 bits per heavy atom. The number of piperazine rings is 1. The Morgan fingerprint density at radius 2 is 2.00 bits per heavy atom. The molecule has 9 heteroatoms. The molecule has 1 aromatic carbocycles. The van der Waals surface area contributed by atoms with E-state index in [1.165, 1.54) is 11.3 Å². The van der Waals surface area contributed by atoms with Crippen molar-refractivity contribution in [2.24, 2.45) is 0 Å². The van der Waals surface area contributed by atoms with Crippen LogP contribution in [0.25, 0.3) is 10.6 Å². The first-order chi connectivity index (χ1) is 12.9. The van der Waals surface area contributed by atoms with E-state index in [-0.39, 0.29) is 23.5 Å². The quantitative estimate of drug-likeness (QED) is 0.755. The van der Waals surface area contributed by atoms with Crippen LogP contribution >= 0.6 is 22.9 Å². The van der Waals surface area contributed by atoms with Crippen molar-refractivity contribution >= 4 is 38.7 Å². The summed E-state index contributed by atoms with van der Waals surface area (Å²) in [5.41, 5.74) is 1.35. The standard InChI is InChI=1S/C18H20ClN3O3S2/c19-14-3-1-2-13(10-14)17-20-16(11-26-17)18(23)22-7-5-21(6-8-22)15-4-9-27(24,25)12-15/h1-3,10-11,15H,4-9,12H2. The molecular formula is C18H20ClN3O3S2. The van der Waals surface area contributed by atoms with Gasteiger partial charge in [0.1, 0.15) is 10.7 Å². The van der Waals surface area contributed by atoms with Gasteiger partial charge in [0.2, 0.25) is 0 Å². The second-order valence-corrected chi connectivity index (χ2v) is 10.5. The molecule has 1 amide bonds. The van der Waals surface area contributed by atoms with Gasteiger partial charge in [-0.15, -0.1) is 11.3 Å². The summed E-state index contributed by atoms with van der Waals surface area (Å²) < 4.78 is 23.3. The number of aromatic nitrogens is 1. The summed E-state index contributed by atoms with van der Waals surface area (Å²) in [6.07, 6.45) is 0.700. The normalized spacial score (nSPS) is 22.9. The molecule has 0 spiro atoms. The fourth-order valence-electron chi connectivity index (χ4n) is 3.64. The van der Waals surface area contributed by atoms with Crippen molar-refractivity contribution in [3.05, 3.63) is 40.4 Å². The number of carbonyl (C=O) groups is 1. The zero-order valence-electron chi connectivity index (χ0n) is 14.7. The number of carbonyl (C=O) groups excluding carboxylic acids is 1. The molecule has 2 fully saturated rings. The van der Waals surface area contributed by atoms with Gasteiger partial charge in [0.15, 0.2) is 9.84 Å². The number of amides is 1. The summed E-state index contributed by atoms with van der Waals surface area (Å²) >= 11 is 7.46. The summed E-state index contributed by atoms with van der Waals surface area (Å²) in [4.78, 5) is 21.3. The Balaban J connectivity index is 1.39. The summed E-state index contributed by atoms with van der Waals surface area (Å²) in [5, 5.41) is 3.20. The van der Waals surface area contributed by atoms with E-state index in [4.69, 9.17) is 11.6 Å². The molecule has 144 valence electrons. The van der Waals surface area contributed by atoms with Crippen molar-refractivity contribution < 1.29 is 13.2 Å². The van der Waals surface area contributed by atoms with Crippen molar-refractivity contribution in [1.29, 1.82) is 0 Å². The van der Waals surface area contributed by atoms with E-state index in [2.05, 4.69) is 9.88 Å². The van der Waals surface area contributed by atoms with Crippen molar-refractivity contribution in [1.82, 2.24) is 14.8 Å². The van der Waals surface area contributed by atoms with Gasteiger partial charge in [0, 0.05) is 48.2 Å². The van der Waals surface area contributed by atoms with Gasteiger partial charge in [0.25, 0.3) is 5.91 Å². The molecule has 1 atom stereocenters. The van der Waals surface area contributed by atoms with Crippen LogP contribution in [0.2, 0.25) is 5.02 Å². The molecule has 6 nitrogen and oxygen atoms in total. The van der Waals surface area contributed by atoms with Gasteiger partial charge in [-0.2, -0.15) is 0 Å². The minimum atomic E-state index is -2.88. The van der Waals surface area contributed by atoms with Crippen molar-refractivity contribution in [3.63, 3.8) is 0 Å². The lowest BCUT2D eigenvalue weighted by Gasteiger charge is -2.37. The van der Waals surface area contributed by atoms with Gasteiger partial charge in [0.05, 0.1) is 11.5 Å². The molecule has 4 rings (SSSR count). The minimum absolute atomic E-state index is 0.0711. The molecule has 0 bridgehead atoms. The number of nitrogens with zero attached hydrogens (tertiary/aromatic N) is 3. The molecule has 2 aromatic rings. The van der Waals surface area contributed by atoms with Gasteiger partial charge in [-0.3, -0.25) is 9.69 Å². The number of sulfone groups is 1. The van der Waals surface area contributed by atoms with Crippen LogP contribution in [-0.4, -0.2) is 72.8 Å². The predicted octanol–water partition coefficient (Wildman–Crippen LogP) is 2.41. The van der Waals surface area contributed by atoms with E-state index in [1.807, 2.05) is 18.2 Å². The van der Waals surface area contributed by atoms with Crippen LogP contribution in [0, 0.1) is 0 Å². The van der Waals surface area contributed by atoms with Crippen LogP contribution in [0.15, 0.2) is 29.6 Å². The zero-order valence-corrected chi connectivity index (χ0v) is 17.1. The SMILES string of the molecule is O=C(c1csc(-c2cccc(Cl)c2)n1)N1CCN(C2CCS(=O)(=O)C2)CC1. The van der Waals surface area contributed by atoms with Crippen molar-refractivity contribution in [2.45, 2.75) is 12.5 Å². The molecule has 2 aliphatic rings. The third-order valence-electron chi connectivity index (χ3n) is 5.12. The van der Waals surface area contributed by atoms with Gasteiger partial charge in [-0.1, -0.05) is 23.7 Å². The van der Waals surface area contributed by atoms with E-state index < -0.39 is 9.84 Å². The molecule has 0 saturated carbocycles. The first kappa shape index (κ1) is 18.9. The fraction of sp³-hybridized carbons (Fsp3) is 0.444. The molecule has 3 heterocycles. The summed E-state index contributed by atoms with van der Waals surface area (Å²) in [6, 6.07) is 7.53. The first-order valence-electron chi connectivity index (χ1n) is 8.86. The predicted molar refractivity (Wildman–Crippen MR) is 107 cm³/mol. The van der Waals surface area contributed by atoms with Gasteiger partial charge in [-0.05, 0) is 18.6 Å². The van der Waals surface area contributed by atoms with E-state index >= 15 is 0 Å². The Hall–Kier alpha value is -1.48. The molecule has 2 saturated heterocycles. The van der Waals surface area contributed by atoms with Crippen molar-refractivity contribution in [3.8, 4) is 10.6 Å². The Labute approximate surface area is 167 Å². The largest absolute Gasteiger partial charge is 0.335 e. The average Bonchev–Trinajstić information content (AvgIpc) is 3.28. The van der Waals surface area contributed by atoms with Gasteiger partial charge >= 0.3 is 0 Å². The second kappa shape index (κ2) is 7.50. The maximum Gasteiger partial charge on any atom is 0.273 e. The van der Waals surface area contributed by atoms with Gasteiger partial charge in [-0.25, -0.2) is 13.4 Å². The highest BCUT2D eigenvalue weighted by molar-refractivity contribution is 7.91. The van der Waals surface area contributed by atoms with Crippen LogP contribution < -0.4 is 0 Å². The molecule has 27 heavy (non-hydrogen) atoms. The maximum absolute atomic E-state index is 12.8. The number of benzene rings is 1. The third-order valence-corrected chi connectivity index (χ3v) is 8.00. The first-order valence-corrected chi connectivity index (χ1v) is 11.9. The number of thiazole rings is 1. The monoisotopic (exact) mass is 425 g/mol. The van der Waals surface area contributed by atoms with Crippen molar-refractivity contribution in [2.75, 3.05) is 37.7 Å². The van der Waals surface area contributed by atoms with Crippen LogP contribution in [-0.2, 0) is 9.84 Å². The summed E-state index contributed by atoms with van der Waals surface area (Å²) in [7, 11) is -2.88. The maximum atomic E-state index is 12.8. The lowest BCUT2D eigenvalue weighted by molar-refractivity contribution is 0.0583. The molecule has 1 unspecified atom stereocenters. The summed E-state index contributed by atoms with van der Waals surface area (Å²) in [5.74, 6) is 0.455. The van der Waals surface area contributed by atoms with E-state index in [0.29, 0.717) is 43.3 Å². The molecule has 2 aliphatic heterocycles. The number of hydrogen-bond acceptors (Lipinski definition) is 6. The molecule has 0 aliphatic carbocycles. The molecular weight excluding hydrogens is 406 g/mol. The van der Waals surface area contributed by atoms with Crippen LogP contribution in [0.1, 0.15) is 16.9 Å². The number of rotatable bonds is 3. The smallest absolute Gasteiger partial charge is 0.273 e. The Morgan fingerprint density at radius 1 is 1.22 bits per heavy atom. The minimum Gasteiger partial charge on any atom is -0.335 e. The lowest BCUT2D eigenvalue weighted by atomic mass is 10.2. The number of hydrogen-bond donors (Lipinski definition) is 0. The van der Waals surface area contributed by atoms with E-state index in [0.717, 1.165) is 10.6 Å². The zero-order chi connectivity index (χ0) is 19.0. The fourth-order valence-corrected chi connectivity index (χ4v) is 6.38. The van der Waals surface area contributed by atoms with Crippen LogP contribution in [0.3, 0.4) is 0 Å². The van der Waals surface area contributed by atoms with Gasteiger partial charge < -0.3 is 4.90 Å². The molecule has 1 aromatic heterocycles. The average molecular weight is 426 g/mol. The topological polar surface area (TPSA) is 70.6 Å². The van der Waals surface area contributed by atoms with E-state index in [1.54, 1.807) is 16.3 Å². The Bertz CT molecular complexity index is 952.